The molecule has 0 amide bonds. The van der Waals surface area contributed by atoms with E-state index in [1.54, 1.807) is 13.3 Å². The Kier molecular flexibility index (Phi) is 6.15. The third-order valence-electron chi connectivity index (χ3n) is 4.23. The molecule has 3 aromatic carbocycles. The Morgan fingerprint density at radius 2 is 1.70 bits per heavy atom. The molecule has 138 valence electrons. The zero-order valence-corrected chi connectivity index (χ0v) is 16.5. The summed E-state index contributed by atoms with van der Waals surface area (Å²) in [6.45, 7) is 4.57. The molecule has 0 atom stereocenters. The molecule has 0 aliphatic rings. The van der Waals surface area contributed by atoms with Crippen molar-refractivity contribution in [2.75, 3.05) is 7.11 Å². The Morgan fingerprint density at radius 3 is 2.44 bits per heavy atom. The molecule has 0 saturated heterocycles. The molecule has 3 rings (SSSR count). The summed E-state index contributed by atoms with van der Waals surface area (Å²) in [6, 6.07) is 19.7. The third kappa shape index (κ3) is 5.11. The summed E-state index contributed by atoms with van der Waals surface area (Å²) in [4.78, 5) is 4.54. The van der Waals surface area contributed by atoms with Crippen LogP contribution < -0.4 is 9.47 Å². The largest absolute Gasteiger partial charge is 0.493 e. The highest BCUT2D eigenvalue weighted by atomic mass is 35.5. The van der Waals surface area contributed by atoms with Gasteiger partial charge in [0.25, 0.3) is 0 Å². The van der Waals surface area contributed by atoms with Crippen LogP contribution in [0.2, 0.25) is 5.02 Å². The number of hydrogen-bond acceptors (Lipinski definition) is 3. The van der Waals surface area contributed by atoms with E-state index in [2.05, 4.69) is 36.2 Å². The van der Waals surface area contributed by atoms with Crippen LogP contribution >= 0.6 is 11.6 Å². The van der Waals surface area contributed by atoms with Crippen molar-refractivity contribution < 1.29 is 9.47 Å². The van der Waals surface area contributed by atoms with Gasteiger partial charge >= 0.3 is 0 Å². The first kappa shape index (κ1) is 19.0. The van der Waals surface area contributed by atoms with Gasteiger partial charge in [0.1, 0.15) is 6.61 Å². The van der Waals surface area contributed by atoms with Gasteiger partial charge in [-0.15, -0.1) is 0 Å². The quantitative estimate of drug-likeness (QED) is 0.471. The molecule has 0 heterocycles. The van der Waals surface area contributed by atoms with Crippen LogP contribution in [0, 0.1) is 13.8 Å². The zero-order chi connectivity index (χ0) is 19.2. The summed E-state index contributed by atoms with van der Waals surface area (Å²) in [5, 5.41) is 0.671. The highest BCUT2D eigenvalue weighted by molar-refractivity contribution is 6.30. The topological polar surface area (TPSA) is 30.8 Å². The Bertz CT molecular complexity index is 949. The maximum atomic E-state index is 6.05. The second-order valence-corrected chi connectivity index (χ2v) is 6.81. The molecule has 3 nitrogen and oxygen atoms in total. The van der Waals surface area contributed by atoms with Crippen LogP contribution in [0.5, 0.6) is 11.5 Å². The monoisotopic (exact) mass is 379 g/mol. The Morgan fingerprint density at radius 1 is 0.926 bits per heavy atom. The van der Waals surface area contributed by atoms with Crippen LogP contribution in [0.25, 0.3) is 0 Å². The van der Waals surface area contributed by atoms with Gasteiger partial charge < -0.3 is 9.47 Å². The fraction of sp³-hybridized carbons (Fsp3) is 0.174. The molecule has 0 N–H and O–H groups in total. The maximum absolute atomic E-state index is 6.05. The van der Waals surface area contributed by atoms with Gasteiger partial charge in [0, 0.05) is 11.2 Å². The molecule has 0 spiro atoms. The van der Waals surface area contributed by atoms with E-state index >= 15 is 0 Å². The average molecular weight is 380 g/mol. The second-order valence-electron chi connectivity index (χ2n) is 6.37. The van der Waals surface area contributed by atoms with E-state index in [9.17, 15) is 0 Å². The minimum Gasteiger partial charge on any atom is -0.493 e. The summed E-state index contributed by atoms with van der Waals surface area (Å²) < 4.78 is 11.4. The van der Waals surface area contributed by atoms with Crippen molar-refractivity contribution in [2.24, 2.45) is 4.99 Å². The highest BCUT2D eigenvalue weighted by Crippen LogP contribution is 2.29. The lowest BCUT2D eigenvalue weighted by Gasteiger charge is -2.11. The first-order valence-electron chi connectivity index (χ1n) is 8.72. The molecule has 0 aliphatic carbocycles. The van der Waals surface area contributed by atoms with E-state index in [0.717, 1.165) is 22.4 Å². The number of benzene rings is 3. The summed E-state index contributed by atoms with van der Waals surface area (Å²) in [5.41, 5.74) is 5.19. The van der Waals surface area contributed by atoms with E-state index in [1.807, 2.05) is 43.3 Å². The average Bonchev–Trinajstić information content (AvgIpc) is 2.68. The molecule has 0 unspecified atom stereocenters. The van der Waals surface area contributed by atoms with E-state index in [0.29, 0.717) is 23.1 Å². The normalized spacial score (nSPS) is 11.0. The lowest BCUT2D eigenvalue weighted by Crippen LogP contribution is -1.98. The van der Waals surface area contributed by atoms with Crippen molar-refractivity contribution in [2.45, 2.75) is 20.5 Å². The summed E-state index contributed by atoms with van der Waals surface area (Å²) in [7, 11) is 1.64. The number of hydrogen-bond donors (Lipinski definition) is 0. The fourth-order valence-electron chi connectivity index (χ4n) is 2.59. The minimum atomic E-state index is 0.492. The van der Waals surface area contributed by atoms with E-state index in [1.165, 1.54) is 5.56 Å². The molecule has 0 saturated carbocycles. The van der Waals surface area contributed by atoms with Gasteiger partial charge in [-0.05, 0) is 60.9 Å². The Labute approximate surface area is 165 Å². The number of methoxy groups -OCH3 is 1. The van der Waals surface area contributed by atoms with Gasteiger partial charge in [0.05, 0.1) is 12.8 Å². The lowest BCUT2D eigenvalue weighted by molar-refractivity contribution is 0.284. The predicted octanol–water partition coefficient (Wildman–Crippen LogP) is 6.30. The standard InChI is InChI=1S/C23H22ClNO2/c1-16-4-7-18(8-5-16)15-27-22-11-9-19(12-23(22)26-3)14-25-21-13-20(24)10-6-17(21)2/h4-14H,15H2,1-3H3. The molecule has 27 heavy (non-hydrogen) atoms. The first-order valence-corrected chi connectivity index (χ1v) is 9.09. The Balaban J connectivity index is 1.74. The van der Waals surface area contributed by atoms with Crippen LogP contribution in [0.1, 0.15) is 22.3 Å². The molecule has 0 aromatic heterocycles. The van der Waals surface area contributed by atoms with E-state index in [4.69, 9.17) is 21.1 Å². The van der Waals surface area contributed by atoms with Crippen molar-refractivity contribution in [3.63, 3.8) is 0 Å². The predicted molar refractivity (Wildman–Crippen MR) is 112 cm³/mol. The van der Waals surface area contributed by atoms with E-state index < -0.39 is 0 Å². The zero-order valence-electron chi connectivity index (χ0n) is 15.7. The molecular weight excluding hydrogens is 358 g/mol. The molecule has 0 radical (unpaired) electrons. The number of rotatable bonds is 6. The second kappa shape index (κ2) is 8.74. The van der Waals surface area contributed by atoms with Crippen molar-refractivity contribution in [3.05, 3.63) is 87.9 Å². The van der Waals surface area contributed by atoms with Gasteiger partial charge in [0.2, 0.25) is 0 Å². The van der Waals surface area contributed by atoms with Crippen molar-refractivity contribution in [1.82, 2.24) is 0 Å². The molecule has 0 fully saturated rings. The van der Waals surface area contributed by atoms with Crippen molar-refractivity contribution in [3.8, 4) is 11.5 Å². The van der Waals surface area contributed by atoms with Crippen LogP contribution in [0.15, 0.2) is 65.7 Å². The summed E-state index contributed by atoms with van der Waals surface area (Å²) >= 11 is 6.05. The number of halogens is 1. The molecule has 3 aromatic rings. The molecule has 0 bridgehead atoms. The van der Waals surface area contributed by atoms with Crippen molar-refractivity contribution >= 4 is 23.5 Å². The van der Waals surface area contributed by atoms with Crippen molar-refractivity contribution in [1.29, 1.82) is 0 Å². The fourth-order valence-corrected chi connectivity index (χ4v) is 2.76. The van der Waals surface area contributed by atoms with Crippen LogP contribution in [0.4, 0.5) is 5.69 Å². The van der Waals surface area contributed by atoms with Gasteiger partial charge in [0.15, 0.2) is 11.5 Å². The number of aliphatic imine (C=N–C) groups is 1. The maximum Gasteiger partial charge on any atom is 0.161 e. The van der Waals surface area contributed by atoms with Gasteiger partial charge in [-0.3, -0.25) is 4.99 Å². The van der Waals surface area contributed by atoms with Crippen LogP contribution in [0.3, 0.4) is 0 Å². The minimum absolute atomic E-state index is 0.492. The van der Waals surface area contributed by atoms with Gasteiger partial charge in [-0.1, -0.05) is 47.5 Å². The summed E-state index contributed by atoms with van der Waals surface area (Å²) in [5.74, 6) is 1.38. The van der Waals surface area contributed by atoms with E-state index in [-0.39, 0.29) is 0 Å². The smallest absolute Gasteiger partial charge is 0.161 e. The van der Waals surface area contributed by atoms with Gasteiger partial charge in [-0.2, -0.15) is 0 Å². The number of ether oxygens (including phenoxy) is 2. The molecule has 0 aliphatic heterocycles. The molecular formula is C23H22ClNO2. The molecule has 4 heteroatoms. The van der Waals surface area contributed by atoms with Crippen LogP contribution in [-0.2, 0) is 6.61 Å². The Hall–Kier alpha value is -2.78. The SMILES string of the molecule is COc1cc(C=Nc2cc(Cl)ccc2C)ccc1OCc1ccc(C)cc1. The van der Waals surface area contributed by atoms with Crippen LogP contribution in [-0.4, -0.2) is 13.3 Å². The lowest BCUT2D eigenvalue weighted by atomic mass is 10.1. The first-order chi connectivity index (χ1) is 13.0. The summed E-state index contributed by atoms with van der Waals surface area (Å²) in [6.07, 6.45) is 1.80. The highest BCUT2D eigenvalue weighted by Gasteiger charge is 2.06. The number of nitrogens with zero attached hydrogens (tertiary/aromatic N) is 1. The van der Waals surface area contributed by atoms with Gasteiger partial charge in [-0.25, -0.2) is 0 Å². The third-order valence-corrected chi connectivity index (χ3v) is 4.46. The number of aryl methyl sites for hydroxylation is 2.